The van der Waals surface area contributed by atoms with Crippen molar-refractivity contribution in [2.75, 3.05) is 10.2 Å². The highest BCUT2D eigenvalue weighted by atomic mass is 16.2. The van der Waals surface area contributed by atoms with Crippen LogP contribution in [0, 0.1) is 6.92 Å². The molecular formula is C22H18N2O2. The molecule has 0 atom stereocenters. The molecule has 0 saturated heterocycles. The summed E-state index contributed by atoms with van der Waals surface area (Å²) in [5.41, 5.74) is 4.97. The molecule has 1 aliphatic rings. The van der Waals surface area contributed by atoms with Crippen LogP contribution >= 0.6 is 0 Å². The molecule has 128 valence electrons. The highest BCUT2D eigenvalue weighted by Crippen LogP contribution is 2.29. The van der Waals surface area contributed by atoms with E-state index in [0.29, 0.717) is 17.8 Å². The van der Waals surface area contributed by atoms with E-state index in [0.717, 1.165) is 22.4 Å². The van der Waals surface area contributed by atoms with Gasteiger partial charge < -0.3 is 10.2 Å². The summed E-state index contributed by atoms with van der Waals surface area (Å²) >= 11 is 0. The first-order chi connectivity index (χ1) is 12.6. The fourth-order valence-electron chi connectivity index (χ4n) is 3.18. The lowest BCUT2D eigenvalue weighted by atomic mass is 10.1. The Morgan fingerprint density at radius 1 is 0.962 bits per heavy atom. The summed E-state index contributed by atoms with van der Waals surface area (Å²) < 4.78 is 0. The molecule has 26 heavy (non-hydrogen) atoms. The number of amides is 2. The van der Waals surface area contributed by atoms with Crippen molar-refractivity contribution in [2.45, 2.75) is 13.5 Å². The molecule has 1 N–H and O–H groups in total. The van der Waals surface area contributed by atoms with Crippen molar-refractivity contribution in [1.82, 2.24) is 0 Å². The Labute approximate surface area is 152 Å². The maximum absolute atomic E-state index is 12.5. The Kier molecular flexibility index (Phi) is 4.01. The van der Waals surface area contributed by atoms with Crippen molar-refractivity contribution < 1.29 is 9.59 Å². The number of anilines is 2. The molecule has 0 aromatic heterocycles. The Hall–Kier alpha value is -3.40. The van der Waals surface area contributed by atoms with Gasteiger partial charge >= 0.3 is 0 Å². The zero-order valence-corrected chi connectivity index (χ0v) is 14.4. The van der Waals surface area contributed by atoms with E-state index in [9.17, 15) is 9.59 Å². The van der Waals surface area contributed by atoms with E-state index in [1.807, 2.05) is 73.7 Å². The summed E-state index contributed by atoms with van der Waals surface area (Å²) in [6, 6.07) is 22.5. The number of carbonyl (C=O) groups excluding carboxylic acids is 2. The van der Waals surface area contributed by atoms with E-state index in [1.54, 1.807) is 11.0 Å². The minimum absolute atomic E-state index is 0.0112. The summed E-state index contributed by atoms with van der Waals surface area (Å²) in [7, 11) is 0. The van der Waals surface area contributed by atoms with Crippen LogP contribution in [-0.2, 0) is 6.54 Å². The molecule has 3 aromatic carbocycles. The van der Waals surface area contributed by atoms with Gasteiger partial charge in [-0.05, 0) is 55.0 Å². The van der Waals surface area contributed by atoms with Crippen LogP contribution in [0.1, 0.15) is 31.8 Å². The summed E-state index contributed by atoms with van der Waals surface area (Å²) in [4.78, 5) is 26.6. The van der Waals surface area contributed by atoms with Crippen LogP contribution < -0.4 is 10.2 Å². The SMILES string of the molecule is Cc1cccc(C(=O)Nc2ccc(N3Cc4ccccc4C3=O)cc2)c1. The lowest BCUT2D eigenvalue weighted by Gasteiger charge is -2.16. The van der Waals surface area contributed by atoms with Crippen molar-refractivity contribution in [3.05, 3.63) is 95.1 Å². The minimum Gasteiger partial charge on any atom is -0.322 e. The molecule has 0 saturated carbocycles. The molecule has 4 rings (SSSR count). The molecule has 1 aliphatic heterocycles. The van der Waals surface area contributed by atoms with Crippen LogP contribution in [-0.4, -0.2) is 11.8 Å². The number of aryl methyl sites for hydroxylation is 1. The van der Waals surface area contributed by atoms with Crippen molar-refractivity contribution in [3.8, 4) is 0 Å². The van der Waals surface area contributed by atoms with Crippen LogP contribution in [0.3, 0.4) is 0 Å². The van der Waals surface area contributed by atoms with Gasteiger partial charge in [-0.1, -0.05) is 35.9 Å². The number of carbonyl (C=O) groups is 2. The molecule has 4 heteroatoms. The summed E-state index contributed by atoms with van der Waals surface area (Å²) in [5.74, 6) is -0.136. The van der Waals surface area contributed by atoms with E-state index in [4.69, 9.17) is 0 Å². The second-order valence-corrected chi connectivity index (χ2v) is 6.42. The zero-order chi connectivity index (χ0) is 18.1. The van der Waals surface area contributed by atoms with Gasteiger partial charge in [-0.25, -0.2) is 0 Å². The van der Waals surface area contributed by atoms with Crippen molar-refractivity contribution in [2.24, 2.45) is 0 Å². The third kappa shape index (κ3) is 2.97. The molecule has 1 heterocycles. The third-order valence-corrected chi connectivity index (χ3v) is 4.54. The fourth-order valence-corrected chi connectivity index (χ4v) is 3.18. The average Bonchev–Trinajstić information content (AvgIpc) is 2.99. The molecule has 3 aromatic rings. The lowest BCUT2D eigenvalue weighted by Crippen LogP contribution is -2.22. The summed E-state index contributed by atoms with van der Waals surface area (Å²) in [6.45, 7) is 2.53. The highest BCUT2D eigenvalue weighted by molar-refractivity contribution is 6.10. The van der Waals surface area contributed by atoms with Gasteiger partial charge in [0.25, 0.3) is 11.8 Å². The number of fused-ring (bicyclic) bond motifs is 1. The van der Waals surface area contributed by atoms with Crippen LogP contribution in [0.15, 0.2) is 72.8 Å². The quantitative estimate of drug-likeness (QED) is 0.766. The number of hydrogen-bond donors (Lipinski definition) is 1. The van der Waals surface area contributed by atoms with Gasteiger partial charge in [0.05, 0.1) is 6.54 Å². The summed E-state index contributed by atoms with van der Waals surface area (Å²) in [6.07, 6.45) is 0. The lowest BCUT2D eigenvalue weighted by molar-refractivity contribution is 0.0994. The molecule has 0 fully saturated rings. The van der Waals surface area contributed by atoms with E-state index in [-0.39, 0.29) is 11.8 Å². The average molecular weight is 342 g/mol. The molecule has 0 spiro atoms. The monoisotopic (exact) mass is 342 g/mol. The van der Waals surface area contributed by atoms with Crippen LogP contribution in [0.4, 0.5) is 11.4 Å². The van der Waals surface area contributed by atoms with Crippen LogP contribution in [0.5, 0.6) is 0 Å². The van der Waals surface area contributed by atoms with Gasteiger partial charge in [0.2, 0.25) is 0 Å². The maximum Gasteiger partial charge on any atom is 0.258 e. The molecule has 0 bridgehead atoms. The van der Waals surface area contributed by atoms with Crippen molar-refractivity contribution in [3.63, 3.8) is 0 Å². The number of rotatable bonds is 3. The van der Waals surface area contributed by atoms with Crippen LogP contribution in [0.25, 0.3) is 0 Å². The first-order valence-corrected chi connectivity index (χ1v) is 8.50. The largest absolute Gasteiger partial charge is 0.322 e. The second-order valence-electron chi connectivity index (χ2n) is 6.42. The standard InChI is InChI=1S/C22H18N2O2/c1-15-5-4-7-16(13-15)21(25)23-18-9-11-19(12-10-18)24-14-17-6-2-3-8-20(17)22(24)26/h2-13H,14H2,1H3,(H,23,25). The molecule has 4 nitrogen and oxygen atoms in total. The van der Waals surface area contributed by atoms with E-state index in [2.05, 4.69) is 5.32 Å². The van der Waals surface area contributed by atoms with E-state index < -0.39 is 0 Å². The zero-order valence-electron chi connectivity index (χ0n) is 14.4. The molecule has 2 amide bonds. The second kappa shape index (κ2) is 6.48. The van der Waals surface area contributed by atoms with E-state index >= 15 is 0 Å². The predicted molar refractivity (Wildman–Crippen MR) is 103 cm³/mol. The Balaban J connectivity index is 1.49. The van der Waals surface area contributed by atoms with Gasteiger partial charge in [0, 0.05) is 22.5 Å². The van der Waals surface area contributed by atoms with E-state index in [1.165, 1.54) is 0 Å². The number of hydrogen-bond acceptors (Lipinski definition) is 2. The Morgan fingerprint density at radius 3 is 2.46 bits per heavy atom. The highest BCUT2D eigenvalue weighted by Gasteiger charge is 2.27. The van der Waals surface area contributed by atoms with Gasteiger partial charge in [-0.15, -0.1) is 0 Å². The minimum atomic E-state index is -0.147. The third-order valence-electron chi connectivity index (χ3n) is 4.54. The van der Waals surface area contributed by atoms with Gasteiger partial charge in [-0.2, -0.15) is 0 Å². The van der Waals surface area contributed by atoms with Crippen LogP contribution in [0.2, 0.25) is 0 Å². The maximum atomic E-state index is 12.5. The first-order valence-electron chi connectivity index (χ1n) is 8.50. The summed E-state index contributed by atoms with van der Waals surface area (Å²) in [5, 5.41) is 2.89. The molecule has 0 radical (unpaired) electrons. The van der Waals surface area contributed by atoms with Gasteiger partial charge in [0.15, 0.2) is 0 Å². The van der Waals surface area contributed by atoms with Gasteiger partial charge in [-0.3, -0.25) is 9.59 Å². The molecule has 0 unspecified atom stereocenters. The normalized spacial score (nSPS) is 12.8. The topological polar surface area (TPSA) is 49.4 Å². The van der Waals surface area contributed by atoms with Crippen molar-refractivity contribution in [1.29, 1.82) is 0 Å². The number of nitrogens with one attached hydrogen (secondary N) is 1. The van der Waals surface area contributed by atoms with Crippen molar-refractivity contribution >= 4 is 23.2 Å². The Bertz CT molecular complexity index is 993. The smallest absolute Gasteiger partial charge is 0.258 e. The number of benzene rings is 3. The Morgan fingerprint density at radius 2 is 1.73 bits per heavy atom. The first kappa shape index (κ1) is 16.1. The fraction of sp³-hybridized carbons (Fsp3) is 0.0909. The number of nitrogens with zero attached hydrogens (tertiary/aromatic N) is 1. The van der Waals surface area contributed by atoms with Gasteiger partial charge in [0.1, 0.15) is 0 Å². The molecular weight excluding hydrogens is 324 g/mol. The predicted octanol–water partition coefficient (Wildman–Crippen LogP) is 4.41. The molecule has 0 aliphatic carbocycles.